The van der Waals surface area contributed by atoms with Gasteiger partial charge in [0.2, 0.25) is 17.7 Å². The van der Waals surface area contributed by atoms with Crippen LogP contribution < -0.4 is 21.7 Å². The number of aromatic nitrogens is 1. The number of benzene rings is 1. The number of H-pyrrole nitrogens is 1. The monoisotopic (exact) mass is 459 g/mol. The molecule has 0 saturated heterocycles. The minimum Gasteiger partial charge on any atom is -0.480 e. The van der Waals surface area contributed by atoms with Crippen molar-refractivity contribution < 1.29 is 24.3 Å². The molecule has 180 valence electrons. The van der Waals surface area contributed by atoms with E-state index in [1.807, 2.05) is 38.1 Å². The first-order valence-corrected chi connectivity index (χ1v) is 10.9. The lowest BCUT2D eigenvalue weighted by Crippen LogP contribution is -2.56. The molecular weight excluding hydrogens is 426 g/mol. The Balaban J connectivity index is 1.96. The number of amides is 3. The lowest BCUT2D eigenvalue weighted by Gasteiger charge is -2.24. The Labute approximate surface area is 192 Å². The van der Waals surface area contributed by atoms with E-state index < -0.39 is 47.9 Å². The zero-order chi connectivity index (χ0) is 24.7. The van der Waals surface area contributed by atoms with Gasteiger partial charge in [-0.05, 0) is 44.2 Å². The van der Waals surface area contributed by atoms with E-state index in [1.54, 1.807) is 6.20 Å². The number of carboxylic acids is 1. The van der Waals surface area contributed by atoms with Crippen LogP contribution in [-0.2, 0) is 25.6 Å². The molecule has 10 nitrogen and oxygen atoms in total. The summed E-state index contributed by atoms with van der Waals surface area (Å²) in [6.07, 6.45) is 2.40. The molecule has 1 aromatic heterocycles. The summed E-state index contributed by atoms with van der Waals surface area (Å²) in [6, 6.07) is 3.84. The maximum atomic E-state index is 12.6. The number of aliphatic carboxylic acids is 1. The van der Waals surface area contributed by atoms with E-state index in [0.29, 0.717) is 6.42 Å². The van der Waals surface area contributed by atoms with Gasteiger partial charge < -0.3 is 31.8 Å². The molecule has 4 unspecified atom stereocenters. The van der Waals surface area contributed by atoms with Gasteiger partial charge in [0.15, 0.2) is 0 Å². The van der Waals surface area contributed by atoms with Gasteiger partial charge in [-0.2, -0.15) is 0 Å². The topological polar surface area (TPSA) is 166 Å². The third kappa shape index (κ3) is 7.31. The molecule has 33 heavy (non-hydrogen) atoms. The van der Waals surface area contributed by atoms with Crippen LogP contribution in [0, 0.1) is 5.92 Å². The summed E-state index contributed by atoms with van der Waals surface area (Å²) in [4.78, 5) is 51.8. The number of nitrogens with one attached hydrogen (secondary N) is 4. The van der Waals surface area contributed by atoms with Crippen LogP contribution in [0.4, 0.5) is 0 Å². The summed E-state index contributed by atoms with van der Waals surface area (Å²) in [5.74, 6) is -2.77. The SMILES string of the molecule is CC(C)CC(NC(=O)C(C)NC(=O)C(N)Cc1c[nH]c2ccccc12)C(=O)NC(C)C(=O)O. The van der Waals surface area contributed by atoms with Crippen LogP contribution in [0.25, 0.3) is 10.9 Å². The molecule has 0 saturated carbocycles. The summed E-state index contributed by atoms with van der Waals surface area (Å²) in [5.41, 5.74) is 7.91. The minimum absolute atomic E-state index is 0.0654. The normalized spacial score (nSPS) is 14.8. The Bertz CT molecular complexity index is 1000. The molecule has 10 heteroatoms. The molecule has 2 rings (SSSR count). The number of carbonyl (C=O) groups excluding carboxylic acids is 3. The molecule has 0 fully saturated rings. The number of rotatable bonds is 11. The molecule has 0 radical (unpaired) electrons. The number of carbonyl (C=O) groups is 4. The van der Waals surface area contributed by atoms with Gasteiger partial charge in [0, 0.05) is 17.1 Å². The molecule has 0 aliphatic rings. The first kappa shape index (κ1) is 25.9. The van der Waals surface area contributed by atoms with Gasteiger partial charge in [0.05, 0.1) is 6.04 Å². The molecule has 4 atom stereocenters. The van der Waals surface area contributed by atoms with Gasteiger partial charge in [0.1, 0.15) is 18.1 Å². The largest absolute Gasteiger partial charge is 0.480 e. The van der Waals surface area contributed by atoms with Crippen molar-refractivity contribution >= 4 is 34.6 Å². The summed E-state index contributed by atoms with van der Waals surface area (Å²) in [6.45, 7) is 6.59. The number of hydrogen-bond donors (Lipinski definition) is 6. The highest BCUT2D eigenvalue weighted by atomic mass is 16.4. The standard InChI is InChI=1S/C23H33N5O5/c1-12(2)9-19(22(31)27-14(4)23(32)33)28-20(29)13(3)26-21(30)17(24)10-15-11-25-18-8-6-5-7-16(15)18/h5-8,11-14,17,19,25H,9-10,24H2,1-4H3,(H,26,30)(H,27,31)(H,28,29)(H,32,33). The third-order valence-corrected chi connectivity index (χ3v) is 5.27. The van der Waals surface area contributed by atoms with Crippen LogP contribution in [0.5, 0.6) is 0 Å². The second-order valence-electron chi connectivity index (χ2n) is 8.66. The first-order chi connectivity index (χ1) is 15.5. The zero-order valence-electron chi connectivity index (χ0n) is 19.3. The molecule has 0 spiro atoms. The Morgan fingerprint density at radius 3 is 2.21 bits per heavy atom. The number of aromatic amines is 1. The van der Waals surface area contributed by atoms with Gasteiger partial charge in [-0.15, -0.1) is 0 Å². The van der Waals surface area contributed by atoms with Gasteiger partial charge in [-0.1, -0.05) is 32.0 Å². The predicted molar refractivity (Wildman–Crippen MR) is 124 cm³/mol. The van der Waals surface area contributed by atoms with Crippen molar-refractivity contribution in [2.45, 2.75) is 64.7 Å². The van der Waals surface area contributed by atoms with Crippen molar-refractivity contribution in [3.8, 4) is 0 Å². The van der Waals surface area contributed by atoms with E-state index in [0.717, 1.165) is 16.5 Å². The molecule has 0 bridgehead atoms. The van der Waals surface area contributed by atoms with Crippen LogP contribution in [-0.4, -0.2) is 57.9 Å². The van der Waals surface area contributed by atoms with E-state index in [9.17, 15) is 19.2 Å². The van der Waals surface area contributed by atoms with Gasteiger partial charge in [-0.3, -0.25) is 19.2 Å². The fourth-order valence-electron chi connectivity index (χ4n) is 3.39. The maximum Gasteiger partial charge on any atom is 0.325 e. The molecule has 1 heterocycles. The van der Waals surface area contributed by atoms with Crippen LogP contribution in [0.3, 0.4) is 0 Å². The first-order valence-electron chi connectivity index (χ1n) is 10.9. The molecule has 0 aliphatic heterocycles. The number of fused-ring (bicyclic) bond motifs is 1. The third-order valence-electron chi connectivity index (χ3n) is 5.27. The van der Waals surface area contributed by atoms with Crippen molar-refractivity contribution in [3.63, 3.8) is 0 Å². The van der Waals surface area contributed by atoms with Crippen molar-refractivity contribution in [3.05, 3.63) is 36.0 Å². The van der Waals surface area contributed by atoms with Crippen molar-refractivity contribution in [1.82, 2.24) is 20.9 Å². The fraction of sp³-hybridized carbons (Fsp3) is 0.478. The smallest absolute Gasteiger partial charge is 0.325 e. The summed E-state index contributed by atoms with van der Waals surface area (Å²) in [7, 11) is 0. The Hall–Kier alpha value is -3.40. The quantitative estimate of drug-likeness (QED) is 0.289. The van der Waals surface area contributed by atoms with Crippen LogP contribution >= 0.6 is 0 Å². The number of para-hydroxylation sites is 1. The molecule has 3 amide bonds. The van der Waals surface area contributed by atoms with E-state index in [4.69, 9.17) is 10.8 Å². The van der Waals surface area contributed by atoms with E-state index in [1.165, 1.54) is 13.8 Å². The summed E-state index contributed by atoms with van der Waals surface area (Å²) in [5, 5.41) is 17.5. The van der Waals surface area contributed by atoms with Crippen LogP contribution in [0.1, 0.15) is 39.7 Å². The van der Waals surface area contributed by atoms with E-state index in [2.05, 4.69) is 20.9 Å². The van der Waals surface area contributed by atoms with Gasteiger partial charge in [0.25, 0.3) is 0 Å². The minimum atomic E-state index is -1.18. The maximum absolute atomic E-state index is 12.6. The van der Waals surface area contributed by atoms with E-state index in [-0.39, 0.29) is 12.3 Å². The second kappa shape index (κ2) is 11.5. The predicted octanol–water partition coefficient (Wildman–Crippen LogP) is 0.663. The molecule has 2 aromatic rings. The van der Waals surface area contributed by atoms with Crippen LogP contribution in [0.15, 0.2) is 30.5 Å². The number of hydrogen-bond acceptors (Lipinski definition) is 5. The lowest BCUT2D eigenvalue weighted by molar-refractivity contribution is -0.141. The lowest BCUT2D eigenvalue weighted by atomic mass is 10.0. The van der Waals surface area contributed by atoms with Crippen LogP contribution in [0.2, 0.25) is 0 Å². The highest BCUT2D eigenvalue weighted by Gasteiger charge is 2.28. The zero-order valence-corrected chi connectivity index (χ0v) is 19.3. The summed E-state index contributed by atoms with van der Waals surface area (Å²) >= 11 is 0. The van der Waals surface area contributed by atoms with Gasteiger partial charge in [-0.25, -0.2) is 0 Å². The van der Waals surface area contributed by atoms with Gasteiger partial charge >= 0.3 is 5.97 Å². The number of carboxylic acid groups (broad SMARTS) is 1. The van der Waals surface area contributed by atoms with Crippen molar-refractivity contribution in [1.29, 1.82) is 0 Å². The Morgan fingerprint density at radius 2 is 1.58 bits per heavy atom. The fourth-order valence-corrected chi connectivity index (χ4v) is 3.39. The Kier molecular flexibility index (Phi) is 8.98. The molecule has 7 N–H and O–H groups in total. The highest BCUT2D eigenvalue weighted by Crippen LogP contribution is 2.18. The number of nitrogens with two attached hydrogens (primary N) is 1. The average molecular weight is 460 g/mol. The Morgan fingerprint density at radius 1 is 0.939 bits per heavy atom. The summed E-state index contributed by atoms with van der Waals surface area (Å²) < 4.78 is 0. The van der Waals surface area contributed by atoms with Crippen molar-refractivity contribution in [2.75, 3.05) is 0 Å². The van der Waals surface area contributed by atoms with E-state index >= 15 is 0 Å². The average Bonchev–Trinajstić information content (AvgIpc) is 3.15. The molecular formula is C23H33N5O5. The highest BCUT2D eigenvalue weighted by molar-refractivity contribution is 5.94. The van der Waals surface area contributed by atoms with Crippen molar-refractivity contribution in [2.24, 2.45) is 11.7 Å². The second-order valence-corrected chi connectivity index (χ2v) is 8.66. The molecule has 1 aromatic carbocycles. The molecule has 0 aliphatic carbocycles.